The van der Waals surface area contributed by atoms with Crippen molar-refractivity contribution in [1.29, 1.82) is 0 Å². The molecule has 0 aromatic rings. The Balaban J connectivity index is 0.000000132. The van der Waals surface area contributed by atoms with Crippen molar-refractivity contribution < 1.29 is 9.47 Å². The van der Waals surface area contributed by atoms with Crippen molar-refractivity contribution in [2.24, 2.45) is 23.7 Å². The van der Waals surface area contributed by atoms with Crippen LogP contribution in [0.2, 0.25) is 0 Å². The van der Waals surface area contributed by atoms with E-state index in [-0.39, 0.29) is 0 Å². The number of epoxide rings is 1. The third-order valence-corrected chi connectivity index (χ3v) is 4.91. The van der Waals surface area contributed by atoms with E-state index >= 15 is 0 Å². The maximum atomic E-state index is 5.03. The molecule has 5 rings (SSSR count). The highest BCUT2D eigenvalue weighted by Crippen LogP contribution is 2.53. The lowest BCUT2D eigenvalue weighted by molar-refractivity contribution is 0.0198. The molecule has 1 saturated heterocycles. The van der Waals surface area contributed by atoms with Gasteiger partial charge in [0.2, 0.25) is 0 Å². The zero-order valence-corrected chi connectivity index (χ0v) is 13.1. The molecule has 1 heterocycles. The minimum absolute atomic E-state index is 0.431. The molecule has 0 aromatic carbocycles. The third-order valence-electron chi connectivity index (χ3n) is 4.91. The first-order valence-electron chi connectivity index (χ1n) is 8.52. The summed E-state index contributed by atoms with van der Waals surface area (Å²) in [6.07, 6.45) is 10.1. The molecule has 1 unspecified atom stereocenters. The molecule has 5 fully saturated rings. The summed E-state index contributed by atoms with van der Waals surface area (Å²) in [6.45, 7) is 8.48. The lowest BCUT2D eigenvalue weighted by Crippen LogP contribution is -2.38. The first-order chi connectivity index (χ1) is 9.33. The SMILES string of the molecule is C1C2CC3CC1CC(C2)C3.CC.CCOCC1CO1. The van der Waals surface area contributed by atoms with Gasteiger partial charge >= 0.3 is 0 Å². The van der Waals surface area contributed by atoms with Crippen LogP contribution in [-0.4, -0.2) is 25.9 Å². The van der Waals surface area contributed by atoms with Crippen molar-refractivity contribution >= 4 is 0 Å². The second-order valence-electron chi connectivity index (χ2n) is 6.49. The van der Waals surface area contributed by atoms with Gasteiger partial charge in [-0.15, -0.1) is 0 Å². The van der Waals surface area contributed by atoms with E-state index in [1.54, 1.807) is 38.5 Å². The van der Waals surface area contributed by atoms with E-state index in [1.807, 2.05) is 20.8 Å². The minimum Gasteiger partial charge on any atom is -0.379 e. The lowest BCUT2D eigenvalue weighted by atomic mass is 9.56. The Morgan fingerprint density at radius 3 is 1.47 bits per heavy atom. The Morgan fingerprint density at radius 2 is 1.21 bits per heavy atom. The van der Waals surface area contributed by atoms with Gasteiger partial charge in [-0.25, -0.2) is 0 Å². The first-order valence-corrected chi connectivity index (χ1v) is 8.52. The van der Waals surface area contributed by atoms with Crippen LogP contribution in [0.1, 0.15) is 59.3 Å². The van der Waals surface area contributed by atoms with Crippen LogP contribution >= 0.6 is 0 Å². The number of hydrogen-bond acceptors (Lipinski definition) is 2. The standard InChI is InChI=1S/C10H16.C5H10O2.C2H6/c1-7-2-9-4-8(1)5-10(3-7)6-9;1-2-6-3-5-4-7-5;1-2/h7-10H,1-6H2;5H,2-4H2,1H3;1-2H3. The van der Waals surface area contributed by atoms with Gasteiger partial charge in [-0.3, -0.25) is 0 Å². The summed E-state index contributed by atoms with van der Waals surface area (Å²) in [4.78, 5) is 0. The zero-order chi connectivity index (χ0) is 13.7. The molecule has 4 aliphatic carbocycles. The average Bonchev–Trinajstić information content (AvgIpc) is 3.22. The lowest BCUT2D eigenvalue weighted by Gasteiger charge is -2.49. The van der Waals surface area contributed by atoms with Gasteiger partial charge in [-0.1, -0.05) is 13.8 Å². The van der Waals surface area contributed by atoms with Crippen molar-refractivity contribution in [2.45, 2.75) is 65.4 Å². The summed E-state index contributed by atoms with van der Waals surface area (Å²) in [6, 6.07) is 0. The summed E-state index contributed by atoms with van der Waals surface area (Å²) in [5, 5.41) is 0. The largest absolute Gasteiger partial charge is 0.379 e. The van der Waals surface area contributed by atoms with E-state index < -0.39 is 0 Å². The van der Waals surface area contributed by atoms with Crippen LogP contribution in [0.25, 0.3) is 0 Å². The molecule has 0 aromatic heterocycles. The fraction of sp³-hybridized carbons (Fsp3) is 1.00. The molecule has 1 aliphatic heterocycles. The second kappa shape index (κ2) is 7.64. The maximum absolute atomic E-state index is 5.03. The Bertz CT molecular complexity index is 191. The predicted molar refractivity (Wildman–Crippen MR) is 79.2 cm³/mol. The topological polar surface area (TPSA) is 21.8 Å². The Morgan fingerprint density at radius 1 is 0.842 bits per heavy atom. The average molecular weight is 268 g/mol. The smallest absolute Gasteiger partial charge is 0.104 e. The van der Waals surface area contributed by atoms with Crippen LogP contribution in [0.3, 0.4) is 0 Å². The molecule has 4 saturated carbocycles. The molecule has 5 aliphatic rings. The molecule has 2 nitrogen and oxygen atoms in total. The Kier molecular flexibility index (Phi) is 6.15. The van der Waals surface area contributed by atoms with Crippen LogP contribution in [-0.2, 0) is 9.47 Å². The molecule has 19 heavy (non-hydrogen) atoms. The highest BCUT2D eigenvalue weighted by molar-refractivity contribution is 4.92. The molecule has 2 heteroatoms. The van der Waals surface area contributed by atoms with Crippen molar-refractivity contribution in [1.82, 2.24) is 0 Å². The summed E-state index contributed by atoms with van der Waals surface area (Å²) in [5.74, 6) is 4.71. The highest BCUT2D eigenvalue weighted by Gasteiger charge is 2.41. The number of ether oxygens (including phenoxy) is 2. The Hall–Kier alpha value is -0.0800. The van der Waals surface area contributed by atoms with Crippen molar-refractivity contribution in [3.8, 4) is 0 Å². The maximum Gasteiger partial charge on any atom is 0.104 e. The quantitative estimate of drug-likeness (QED) is 0.713. The van der Waals surface area contributed by atoms with Gasteiger partial charge in [0.1, 0.15) is 6.10 Å². The van der Waals surface area contributed by atoms with Gasteiger partial charge < -0.3 is 9.47 Å². The van der Waals surface area contributed by atoms with Crippen LogP contribution in [0.5, 0.6) is 0 Å². The van der Waals surface area contributed by atoms with E-state index in [2.05, 4.69) is 0 Å². The van der Waals surface area contributed by atoms with Crippen LogP contribution in [0, 0.1) is 23.7 Å². The molecule has 112 valence electrons. The van der Waals surface area contributed by atoms with Gasteiger partial charge in [-0.2, -0.15) is 0 Å². The molecule has 0 amide bonds. The summed E-state index contributed by atoms with van der Waals surface area (Å²) < 4.78 is 9.92. The molecular weight excluding hydrogens is 236 g/mol. The van der Waals surface area contributed by atoms with Gasteiger partial charge in [0.25, 0.3) is 0 Å². The summed E-state index contributed by atoms with van der Waals surface area (Å²) in [7, 11) is 0. The second-order valence-corrected chi connectivity index (χ2v) is 6.49. The van der Waals surface area contributed by atoms with E-state index in [0.717, 1.165) is 19.8 Å². The monoisotopic (exact) mass is 268 g/mol. The zero-order valence-electron chi connectivity index (χ0n) is 13.1. The number of hydrogen-bond donors (Lipinski definition) is 0. The highest BCUT2D eigenvalue weighted by atomic mass is 16.6. The normalized spacial score (nSPS) is 40.9. The fourth-order valence-corrected chi connectivity index (χ4v) is 4.40. The predicted octanol–water partition coefficient (Wildman–Crippen LogP) is 4.28. The molecular formula is C17H32O2. The van der Waals surface area contributed by atoms with Crippen LogP contribution < -0.4 is 0 Å². The van der Waals surface area contributed by atoms with E-state index in [1.165, 1.54) is 23.7 Å². The van der Waals surface area contributed by atoms with Gasteiger partial charge in [0.05, 0.1) is 13.2 Å². The molecule has 0 N–H and O–H groups in total. The van der Waals surface area contributed by atoms with Crippen LogP contribution in [0.4, 0.5) is 0 Å². The Labute approximate surface area is 119 Å². The minimum atomic E-state index is 0.431. The first kappa shape index (κ1) is 15.3. The third kappa shape index (κ3) is 4.75. The van der Waals surface area contributed by atoms with E-state index in [0.29, 0.717) is 6.10 Å². The molecule has 0 radical (unpaired) electrons. The van der Waals surface area contributed by atoms with Crippen LogP contribution in [0.15, 0.2) is 0 Å². The van der Waals surface area contributed by atoms with E-state index in [4.69, 9.17) is 9.47 Å². The van der Waals surface area contributed by atoms with E-state index in [9.17, 15) is 0 Å². The molecule has 0 spiro atoms. The molecule has 4 bridgehead atoms. The molecule has 1 atom stereocenters. The van der Waals surface area contributed by atoms with Crippen molar-refractivity contribution in [3.05, 3.63) is 0 Å². The summed E-state index contributed by atoms with van der Waals surface area (Å²) in [5.41, 5.74) is 0. The summed E-state index contributed by atoms with van der Waals surface area (Å²) >= 11 is 0. The van der Waals surface area contributed by atoms with Gasteiger partial charge in [0.15, 0.2) is 0 Å². The van der Waals surface area contributed by atoms with Gasteiger partial charge in [-0.05, 0) is 69.1 Å². The van der Waals surface area contributed by atoms with Crippen molar-refractivity contribution in [3.63, 3.8) is 0 Å². The number of rotatable bonds is 3. The fourth-order valence-electron chi connectivity index (χ4n) is 4.40. The van der Waals surface area contributed by atoms with Crippen molar-refractivity contribution in [2.75, 3.05) is 19.8 Å². The van der Waals surface area contributed by atoms with Gasteiger partial charge in [0, 0.05) is 6.61 Å².